The first-order valence-electron chi connectivity index (χ1n) is 18.5. The van der Waals surface area contributed by atoms with Crippen molar-refractivity contribution in [2.75, 3.05) is 39.5 Å². The van der Waals surface area contributed by atoms with Crippen LogP contribution < -0.4 is 26.6 Å². The van der Waals surface area contributed by atoms with E-state index in [2.05, 4.69) is 26.6 Å². The van der Waals surface area contributed by atoms with Crippen LogP contribution in [0.2, 0.25) is 0 Å². The fraction of sp³-hybridized carbons (Fsp3) is 0.526. The lowest BCUT2D eigenvalue weighted by Crippen LogP contribution is -2.57. The summed E-state index contributed by atoms with van der Waals surface area (Å²) in [6, 6.07) is 5.61. The third kappa shape index (κ3) is 15.8. The minimum absolute atomic E-state index is 0.00724. The zero-order valence-electron chi connectivity index (χ0n) is 33.7. The van der Waals surface area contributed by atoms with Gasteiger partial charge in [0.1, 0.15) is 36.6 Å². The molecule has 1 aromatic rings. The van der Waals surface area contributed by atoms with Crippen molar-refractivity contribution in [1.29, 1.82) is 0 Å². The summed E-state index contributed by atoms with van der Waals surface area (Å²) >= 11 is 0. The monoisotopic (exact) mass is 829 g/mol. The molecule has 8 amide bonds. The Kier molecular flexibility index (Phi) is 16.2. The molecule has 21 heteroatoms. The largest absolute Gasteiger partial charge is 0.479 e. The Labute approximate surface area is 339 Å². The molecule has 2 aliphatic rings. The molecule has 0 aromatic heterocycles. The highest BCUT2D eigenvalue weighted by molar-refractivity contribution is 6.15. The van der Waals surface area contributed by atoms with E-state index in [0.717, 1.165) is 17.1 Å². The summed E-state index contributed by atoms with van der Waals surface area (Å²) in [5.74, 6) is -8.05. The number of aliphatic carboxylic acids is 1. The second-order valence-electron chi connectivity index (χ2n) is 15.6. The van der Waals surface area contributed by atoms with Crippen LogP contribution in [-0.4, -0.2) is 143 Å². The molecule has 0 unspecified atom stereocenters. The minimum atomic E-state index is -1.75. The van der Waals surface area contributed by atoms with E-state index in [1.807, 2.05) is 0 Å². The third-order valence-electron chi connectivity index (χ3n) is 8.18. The van der Waals surface area contributed by atoms with Crippen LogP contribution in [0.25, 0.3) is 0 Å². The third-order valence-corrected chi connectivity index (χ3v) is 8.18. The van der Waals surface area contributed by atoms with Crippen LogP contribution in [0.1, 0.15) is 59.9 Å². The zero-order valence-corrected chi connectivity index (χ0v) is 33.7. The van der Waals surface area contributed by atoms with E-state index < -0.39 is 128 Å². The molecule has 1 heterocycles. The number of hydrogen-bond acceptors (Lipinski definition) is 13. The maximum atomic E-state index is 13.5. The van der Waals surface area contributed by atoms with Crippen LogP contribution in [0.15, 0.2) is 42.5 Å². The standard InChI is InChI=1S/C38H51N7O14/c1-36(2,3)58-31(51)21-44(35(56)59-37(4,5)6)20-25(45-29(49)12-13-30(45)50)33(53)41-17-26(46)39-19-28(48)43-24(16-23-10-8-7-9-11-23)32(52)40-18-27(47)42-22-57-38(14-15-38)34(54)55/h7-13,24-25H,14-22H2,1-6H3,(H,39,46)(H,40,52)(H,41,53)(H,42,47)(H,43,48)(H,54,55)/t24-,25-/m0/s1. The molecule has 0 saturated heterocycles. The molecule has 6 N–H and O–H groups in total. The number of ether oxygens (including phenoxy) is 3. The van der Waals surface area contributed by atoms with E-state index in [-0.39, 0.29) is 6.42 Å². The average Bonchev–Trinajstić information content (AvgIpc) is 3.86. The Hall–Kier alpha value is -6.38. The van der Waals surface area contributed by atoms with Gasteiger partial charge in [-0.3, -0.25) is 48.2 Å². The number of nitrogens with zero attached hydrogens (tertiary/aromatic N) is 2. The summed E-state index contributed by atoms with van der Waals surface area (Å²) in [6.07, 6.45) is 1.36. The number of benzene rings is 1. The Morgan fingerprint density at radius 3 is 1.85 bits per heavy atom. The Bertz CT molecular complexity index is 1800. The van der Waals surface area contributed by atoms with Crippen LogP contribution in [0, 0.1) is 0 Å². The highest BCUT2D eigenvalue weighted by Gasteiger charge is 2.52. The van der Waals surface area contributed by atoms with Gasteiger partial charge in [0.2, 0.25) is 29.5 Å². The Balaban J connectivity index is 1.61. The van der Waals surface area contributed by atoms with Crippen molar-refractivity contribution >= 4 is 59.4 Å². The summed E-state index contributed by atoms with van der Waals surface area (Å²) in [7, 11) is 0. The fourth-order valence-corrected chi connectivity index (χ4v) is 5.24. The van der Waals surface area contributed by atoms with Crippen molar-refractivity contribution < 1.29 is 67.3 Å². The molecule has 0 radical (unpaired) electrons. The van der Waals surface area contributed by atoms with E-state index in [0.29, 0.717) is 23.3 Å². The predicted molar refractivity (Wildman–Crippen MR) is 203 cm³/mol. The highest BCUT2D eigenvalue weighted by Crippen LogP contribution is 2.39. The van der Waals surface area contributed by atoms with E-state index in [4.69, 9.17) is 14.2 Å². The van der Waals surface area contributed by atoms with Gasteiger partial charge in [-0.05, 0) is 59.9 Å². The number of carboxylic acid groups (broad SMARTS) is 1. The van der Waals surface area contributed by atoms with Gasteiger partial charge in [0.15, 0.2) is 5.60 Å². The summed E-state index contributed by atoms with van der Waals surface area (Å²) in [5, 5.41) is 21.0. The van der Waals surface area contributed by atoms with Crippen LogP contribution in [0.5, 0.6) is 0 Å². The van der Waals surface area contributed by atoms with Gasteiger partial charge in [-0.25, -0.2) is 9.59 Å². The van der Waals surface area contributed by atoms with Crippen molar-refractivity contribution in [3.63, 3.8) is 0 Å². The van der Waals surface area contributed by atoms with Crippen LogP contribution in [0.3, 0.4) is 0 Å². The number of hydrogen-bond donors (Lipinski definition) is 6. The number of carbonyl (C=O) groups is 10. The van der Waals surface area contributed by atoms with Gasteiger partial charge in [0.25, 0.3) is 11.8 Å². The van der Waals surface area contributed by atoms with E-state index in [1.165, 1.54) is 0 Å². The number of amides is 8. The van der Waals surface area contributed by atoms with Gasteiger partial charge in [-0.2, -0.15) is 0 Å². The first-order chi connectivity index (χ1) is 27.5. The van der Waals surface area contributed by atoms with E-state index in [1.54, 1.807) is 71.9 Å². The highest BCUT2D eigenvalue weighted by atomic mass is 16.6. The average molecular weight is 830 g/mol. The molecule has 3 rings (SSSR count). The number of imide groups is 1. The van der Waals surface area contributed by atoms with Gasteiger partial charge in [0.05, 0.1) is 26.2 Å². The predicted octanol–water partition coefficient (Wildman–Crippen LogP) is -1.36. The topological polar surface area (TPSA) is 285 Å². The van der Waals surface area contributed by atoms with Crippen molar-refractivity contribution in [2.24, 2.45) is 0 Å². The van der Waals surface area contributed by atoms with Gasteiger partial charge >= 0.3 is 18.0 Å². The molecular weight excluding hydrogens is 778 g/mol. The summed E-state index contributed by atoms with van der Waals surface area (Å²) in [4.78, 5) is 128. The lowest BCUT2D eigenvalue weighted by Gasteiger charge is -2.32. The number of esters is 1. The summed E-state index contributed by atoms with van der Waals surface area (Å²) in [5.41, 5.74) is -2.67. The van der Waals surface area contributed by atoms with Crippen molar-refractivity contribution in [3.8, 4) is 0 Å². The normalized spacial score (nSPS) is 15.3. The van der Waals surface area contributed by atoms with Crippen molar-refractivity contribution in [2.45, 2.75) is 89.7 Å². The van der Waals surface area contributed by atoms with Crippen LogP contribution in [0.4, 0.5) is 4.79 Å². The van der Waals surface area contributed by atoms with Gasteiger partial charge in [-0.15, -0.1) is 0 Å². The first kappa shape index (κ1) is 47.0. The maximum Gasteiger partial charge on any atom is 0.410 e. The van der Waals surface area contributed by atoms with Crippen LogP contribution >= 0.6 is 0 Å². The number of carboxylic acids is 1. The van der Waals surface area contributed by atoms with Crippen molar-refractivity contribution in [1.82, 2.24) is 36.4 Å². The molecule has 1 aliphatic carbocycles. The SMILES string of the molecule is CC(C)(C)OC(=O)CN(C[C@@H](C(=O)NCC(=O)NCC(=O)N[C@@H](Cc1ccccc1)C(=O)NCC(=O)NCOC1(C(=O)O)CC1)N1C(=O)C=CC1=O)C(=O)OC(C)(C)C. The quantitative estimate of drug-likeness (QED) is 0.0503. The molecular formula is C38H51N7O14. The first-order valence-corrected chi connectivity index (χ1v) is 18.5. The fourth-order valence-electron chi connectivity index (χ4n) is 5.24. The van der Waals surface area contributed by atoms with Crippen LogP contribution in [-0.2, 0) is 63.8 Å². The smallest absolute Gasteiger partial charge is 0.410 e. The molecule has 2 atom stereocenters. The van der Waals surface area contributed by atoms with Gasteiger partial charge in [0, 0.05) is 18.6 Å². The van der Waals surface area contributed by atoms with E-state index >= 15 is 0 Å². The number of rotatable bonds is 20. The lowest BCUT2D eigenvalue weighted by molar-refractivity contribution is -0.157. The maximum absolute atomic E-state index is 13.5. The summed E-state index contributed by atoms with van der Waals surface area (Å²) < 4.78 is 15.9. The van der Waals surface area contributed by atoms with Crippen molar-refractivity contribution in [3.05, 3.63) is 48.0 Å². The second kappa shape index (κ2) is 20.4. The molecule has 59 heavy (non-hydrogen) atoms. The Morgan fingerprint density at radius 1 is 0.763 bits per heavy atom. The molecule has 1 aromatic carbocycles. The molecule has 21 nitrogen and oxygen atoms in total. The zero-order chi connectivity index (χ0) is 44.1. The van der Waals surface area contributed by atoms with E-state index in [9.17, 15) is 53.1 Å². The minimum Gasteiger partial charge on any atom is -0.479 e. The molecule has 1 aliphatic heterocycles. The second-order valence-corrected chi connectivity index (χ2v) is 15.6. The lowest BCUT2D eigenvalue weighted by atomic mass is 10.1. The van der Waals surface area contributed by atoms with Gasteiger partial charge in [-0.1, -0.05) is 30.3 Å². The number of carbonyl (C=O) groups excluding carboxylic acids is 9. The Morgan fingerprint density at radius 2 is 1.31 bits per heavy atom. The van der Waals surface area contributed by atoms with Gasteiger partial charge < -0.3 is 45.9 Å². The molecule has 0 spiro atoms. The molecule has 1 fully saturated rings. The summed E-state index contributed by atoms with van der Waals surface area (Å²) in [6.45, 7) is 5.66. The number of nitrogens with one attached hydrogen (secondary N) is 5. The molecule has 322 valence electrons. The molecule has 1 saturated carbocycles. The molecule has 0 bridgehead atoms.